The van der Waals surface area contributed by atoms with E-state index in [9.17, 15) is 14.2 Å². The van der Waals surface area contributed by atoms with Crippen LogP contribution in [0.15, 0.2) is 0 Å². The summed E-state index contributed by atoms with van der Waals surface area (Å²) in [7, 11) is -2.86. The molecular weight excluding hydrogens is 279 g/mol. The molecule has 0 rings (SSSR count). The third kappa shape index (κ3) is 4.91. The summed E-state index contributed by atoms with van der Waals surface area (Å²) in [6.07, 6.45) is 0. The van der Waals surface area contributed by atoms with E-state index in [1.165, 1.54) is 21.0 Å². The van der Waals surface area contributed by atoms with Crippen molar-refractivity contribution in [1.29, 1.82) is 0 Å². The predicted molar refractivity (Wildman–Crippen MR) is 65.3 cm³/mol. The average Bonchev–Trinajstić information content (AvgIpc) is 2.28. The second kappa shape index (κ2) is 8.27. The van der Waals surface area contributed by atoms with Crippen LogP contribution in [0.5, 0.6) is 0 Å². The Morgan fingerprint density at radius 2 is 1.58 bits per heavy atom. The molecule has 112 valence electrons. The monoisotopic (exact) mass is 298 g/mol. The van der Waals surface area contributed by atoms with Crippen LogP contribution in [-0.4, -0.2) is 54.7 Å². The van der Waals surface area contributed by atoms with Gasteiger partial charge in [0.25, 0.3) is 0 Å². The molecule has 0 amide bonds. The molecule has 0 spiro atoms. The molecule has 0 aromatic rings. The molecule has 19 heavy (non-hydrogen) atoms. The summed E-state index contributed by atoms with van der Waals surface area (Å²) in [4.78, 5) is 22.4. The Labute approximate surface area is 111 Å². The van der Waals surface area contributed by atoms with Crippen molar-refractivity contribution in [1.82, 2.24) is 0 Å². The van der Waals surface area contributed by atoms with E-state index in [2.05, 4.69) is 4.74 Å². The number of carboxylic acids is 2. The maximum atomic E-state index is 12.4. The summed E-state index contributed by atoms with van der Waals surface area (Å²) in [6, 6.07) is 0. The lowest BCUT2D eigenvalue weighted by Gasteiger charge is -2.27. The van der Waals surface area contributed by atoms with Crippen LogP contribution in [0.25, 0.3) is 0 Å². The molecule has 0 fully saturated rings. The Balaban J connectivity index is 5.51. The van der Waals surface area contributed by atoms with Gasteiger partial charge in [-0.3, -0.25) is 14.2 Å². The van der Waals surface area contributed by atoms with Crippen molar-refractivity contribution in [2.75, 3.05) is 26.9 Å². The van der Waals surface area contributed by atoms with Gasteiger partial charge < -0.3 is 24.0 Å². The molecule has 2 atom stereocenters. The first kappa shape index (κ1) is 18.0. The van der Waals surface area contributed by atoms with Crippen LogP contribution in [0.2, 0.25) is 0 Å². The molecule has 8 nitrogen and oxygen atoms in total. The molecule has 0 radical (unpaired) electrons. The van der Waals surface area contributed by atoms with Crippen molar-refractivity contribution in [3.05, 3.63) is 0 Å². The maximum Gasteiger partial charge on any atom is 0.345 e. The lowest BCUT2D eigenvalue weighted by molar-refractivity contribution is -0.150. The number of hydrogen-bond donors (Lipinski definition) is 2. The van der Waals surface area contributed by atoms with Crippen LogP contribution in [-0.2, 0) is 27.9 Å². The van der Waals surface area contributed by atoms with E-state index in [0.717, 1.165) is 0 Å². The lowest BCUT2D eigenvalue weighted by atomic mass is 10.1. The second-order valence-corrected chi connectivity index (χ2v) is 5.71. The van der Waals surface area contributed by atoms with Crippen molar-refractivity contribution < 1.29 is 38.2 Å². The van der Waals surface area contributed by atoms with E-state index in [1.54, 1.807) is 0 Å². The van der Waals surface area contributed by atoms with Gasteiger partial charge in [0.15, 0.2) is 5.66 Å². The third-order valence-corrected chi connectivity index (χ3v) is 4.75. The zero-order valence-electron chi connectivity index (χ0n) is 11.1. The summed E-state index contributed by atoms with van der Waals surface area (Å²) in [5.74, 6) is -4.52. The van der Waals surface area contributed by atoms with Crippen LogP contribution in [0.1, 0.15) is 13.8 Å². The average molecular weight is 298 g/mol. The standard InChI is InChI=1S/C10H19O8P/c1-4-17-19(15,18-5-2)8(10(13)14)7(6-16-3)9(11)12/h7-8H,4-6H2,1-3H3,(H,11,12)(H,13,14). The van der Waals surface area contributed by atoms with Gasteiger partial charge in [-0.15, -0.1) is 0 Å². The van der Waals surface area contributed by atoms with Gasteiger partial charge in [-0.2, -0.15) is 0 Å². The van der Waals surface area contributed by atoms with Crippen molar-refractivity contribution >= 4 is 19.5 Å². The largest absolute Gasteiger partial charge is 0.481 e. The summed E-state index contributed by atoms with van der Waals surface area (Å²) < 4.78 is 26.9. The first-order chi connectivity index (χ1) is 8.83. The minimum Gasteiger partial charge on any atom is -0.481 e. The van der Waals surface area contributed by atoms with Crippen LogP contribution in [0.3, 0.4) is 0 Å². The number of aliphatic carboxylic acids is 2. The summed E-state index contributed by atoms with van der Waals surface area (Å²) in [6.45, 7) is 2.50. The van der Waals surface area contributed by atoms with E-state index < -0.39 is 37.7 Å². The topological polar surface area (TPSA) is 119 Å². The molecular formula is C10H19O8P. The van der Waals surface area contributed by atoms with Crippen molar-refractivity contribution in [3.8, 4) is 0 Å². The quantitative estimate of drug-likeness (QED) is 0.574. The van der Waals surface area contributed by atoms with Crippen LogP contribution < -0.4 is 0 Å². The maximum absolute atomic E-state index is 12.4. The SMILES string of the molecule is CCOP(=O)(OCC)C(C(=O)O)C(COC)C(=O)O. The normalized spacial score (nSPS) is 14.9. The number of carboxylic acid groups (broad SMARTS) is 2. The smallest absolute Gasteiger partial charge is 0.345 e. The molecule has 9 heteroatoms. The molecule has 0 bridgehead atoms. The molecule has 2 N–H and O–H groups in total. The first-order valence-corrected chi connectivity index (χ1v) is 7.28. The first-order valence-electron chi connectivity index (χ1n) is 5.67. The van der Waals surface area contributed by atoms with E-state index >= 15 is 0 Å². The molecule has 0 heterocycles. The van der Waals surface area contributed by atoms with Gasteiger partial charge in [-0.1, -0.05) is 0 Å². The Bertz CT molecular complexity index is 345. The highest BCUT2D eigenvalue weighted by Gasteiger charge is 2.49. The van der Waals surface area contributed by atoms with Crippen molar-refractivity contribution in [2.45, 2.75) is 19.5 Å². The van der Waals surface area contributed by atoms with Crippen molar-refractivity contribution in [3.63, 3.8) is 0 Å². The highest BCUT2D eigenvalue weighted by Crippen LogP contribution is 2.55. The van der Waals surface area contributed by atoms with Crippen LogP contribution >= 0.6 is 7.60 Å². The summed E-state index contributed by atoms with van der Waals surface area (Å²) in [5.41, 5.74) is -1.81. The third-order valence-electron chi connectivity index (χ3n) is 2.26. The molecule has 0 saturated heterocycles. The predicted octanol–water partition coefficient (Wildman–Crippen LogP) is 1.05. The Hall–Kier alpha value is -0.950. The number of methoxy groups -OCH3 is 1. The molecule has 0 aliphatic heterocycles. The Morgan fingerprint density at radius 1 is 1.11 bits per heavy atom. The molecule has 0 aliphatic rings. The second-order valence-electron chi connectivity index (χ2n) is 3.56. The van der Waals surface area contributed by atoms with Gasteiger partial charge in [0.2, 0.25) is 0 Å². The Morgan fingerprint density at radius 3 is 1.84 bits per heavy atom. The number of rotatable bonds is 10. The highest BCUT2D eigenvalue weighted by atomic mass is 31.2. The van der Waals surface area contributed by atoms with Gasteiger partial charge in [0.05, 0.1) is 19.8 Å². The number of carbonyl (C=O) groups is 2. The van der Waals surface area contributed by atoms with E-state index in [-0.39, 0.29) is 13.2 Å². The van der Waals surface area contributed by atoms with Crippen LogP contribution in [0.4, 0.5) is 0 Å². The van der Waals surface area contributed by atoms with E-state index in [4.69, 9.17) is 19.3 Å². The number of hydrogen-bond acceptors (Lipinski definition) is 6. The van der Waals surface area contributed by atoms with Gasteiger partial charge in [-0.25, -0.2) is 0 Å². The summed E-state index contributed by atoms with van der Waals surface area (Å²) >= 11 is 0. The zero-order valence-corrected chi connectivity index (χ0v) is 12.0. The van der Waals surface area contributed by atoms with E-state index in [1.807, 2.05) is 0 Å². The zero-order chi connectivity index (χ0) is 15.1. The Kier molecular flexibility index (Phi) is 7.85. The van der Waals surface area contributed by atoms with Gasteiger partial charge in [0.1, 0.15) is 5.92 Å². The summed E-state index contributed by atoms with van der Waals surface area (Å²) in [5, 5.41) is 18.2. The fourth-order valence-corrected chi connectivity index (χ4v) is 3.60. The molecule has 0 aliphatic carbocycles. The van der Waals surface area contributed by atoms with Crippen molar-refractivity contribution in [2.24, 2.45) is 5.92 Å². The lowest BCUT2D eigenvalue weighted by Crippen LogP contribution is -2.38. The van der Waals surface area contributed by atoms with E-state index in [0.29, 0.717) is 0 Å². The number of ether oxygens (including phenoxy) is 1. The van der Waals surface area contributed by atoms with Crippen LogP contribution in [0, 0.1) is 5.92 Å². The van der Waals surface area contributed by atoms with Gasteiger partial charge in [-0.05, 0) is 13.8 Å². The van der Waals surface area contributed by atoms with Gasteiger partial charge >= 0.3 is 19.5 Å². The fraction of sp³-hybridized carbons (Fsp3) is 0.800. The molecule has 0 aromatic carbocycles. The minimum absolute atomic E-state index is 0.0552. The molecule has 0 saturated carbocycles. The van der Waals surface area contributed by atoms with Gasteiger partial charge in [0, 0.05) is 7.11 Å². The fourth-order valence-electron chi connectivity index (χ4n) is 1.56. The molecule has 0 aromatic heterocycles. The molecule has 2 unspecified atom stereocenters. The minimum atomic E-state index is -4.09. The highest BCUT2D eigenvalue weighted by molar-refractivity contribution is 7.55.